The molecule has 0 saturated heterocycles. The minimum atomic E-state index is -1.03. The minimum absolute atomic E-state index is 0.0355. The van der Waals surface area contributed by atoms with Crippen molar-refractivity contribution in [3.63, 3.8) is 0 Å². The van der Waals surface area contributed by atoms with Crippen molar-refractivity contribution in [3.05, 3.63) is 12.7 Å². The maximum Gasteiger partial charge on any atom is 0.410 e. The van der Waals surface area contributed by atoms with Crippen LogP contribution in [0, 0.1) is 11.3 Å². The number of carbonyl (C=O) groups excluding carboxylic acids is 1. The van der Waals surface area contributed by atoms with Crippen LogP contribution < -0.4 is 0 Å². The van der Waals surface area contributed by atoms with Gasteiger partial charge in [0.05, 0.1) is 12.5 Å². The fourth-order valence-corrected chi connectivity index (χ4v) is 0.772. The number of carboxylic acids is 1. The average Bonchev–Trinajstić information content (AvgIpc) is 2.20. The lowest BCUT2D eigenvalue weighted by molar-refractivity contribution is -0.137. The summed E-state index contributed by atoms with van der Waals surface area (Å²) >= 11 is 0. The van der Waals surface area contributed by atoms with Gasteiger partial charge in [-0.3, -0.25) is 9.69 Å². The summed E-state index contributed by atoms with van der Waals surface area (Å²) in [6.07, 6.45) is 0.461. The van der Waals surface area contributed by atoms with Gasteiger partial charge in [-0.2, -0.15) is 5.26 Å². The third-order valence-corrected chi connectivity index (χ3v) is 1.44. The van der Waals surface area contributed by atoms with Crippen LogP contribution in [-0.2, 0) is 9.53 Å². The van der Waals surface area contributed by atoms with Crippen molar-refractivity contribution in [2.75, 3.05) is 19.7 Å². The van der Waals surface area contributed by atoms with Crippen LogP contribution in [-0.4, -0.2) is 41.8 Å². The van der Waals surface area contributed by atoms with Gasteiger partial charge in [0.1, 0.15) is 13.2 Å². The maximum atomic E-state index is 11.2. The molecule has 0 spiro atoms. The van der Waals surface area contributed by atoms with Crippen LogP contribution in [0.4, 0.5) is 4.79 Å². The third kappa shape index (κ3) is 6.10. The Kier molecular flexibility index (Phi) is 6.38. The van der Waals surface area contributed by atoms with Gasteiger partial charge in [-0.15, -0.1) is 0 Å². The van der Waals surface area contributed by atoms with E-state index in [1.165, 1.54) is 6.08 Å². The molecule has 0 aromatic rings. The molecule has 6 nitrogen and oxygen atoms in total. The van der Waals surface area contributed by atoms with E-state index >= 15 is 0 Å². The number of hydrogen-bond acceptors (Lipinski definition) is 4. The lowest BCUT2D eigenvalue weighted by Gasteiger charge is -2.17. The zero-order valence-electron chi connectivity index (χ0n) is 8.18. The maximum absolute atomic E-state index is 11.2. The standard InChI is InChI=1S/C9H12N2O4/c1-2-7-15-9(14)11(6-4-10)5-3-8(12)13/h2H,1,3,5-7H2,(H,12,13). The number of nitrogens with zero attached hydrogens (tertiary/aromatic N) is 2. The number of amides is 1. The number of carbonyl (C=O) groups is 2. The van der Waals surface area contributed by atoms with Crippen molar-refractivity contribution in [2.45, 2.75) is 6.42 Å². The summed E-state index contributed by atoms with van der Waals surface area (Å²) in [6, 6.07) is 1.76. The number of hydrogen-bond donors (Lipinski definition) is 1. The number of ether oxygens (including phenoxy) is 1. The smallest absolute Gasteiger partial charge is 0.410 e. The van der Waals surface area contributed by atoms with Gasteiger partial charge in [0.15, 0.2) is 0 Å². The van der Waals surface area contributed by atoms with Crippen molar-refractivity contribution in [1.29, 1.82) is 5.26 Å². The minimum Gasteiger partial charge on any atom is -0.481 e. The van der Waals surface area contributed by atoms with Gasteiger partial charge >= 0.3 is 12.1 Å². The normalized spacial score (nSPS) is 8.73. The highest BCUT2D eigenvalue weighted by atomic mass is 16.6. The first-order valence-corrected chi connectivity index (χ1v) is 4.23. The molecular formula is C9H12N2O4. The predicted molar refractivity (Wildman–Crippen MR) is 51.0 cm³/mol. The van der Waals surface area contributed by atoms with E-state index in [1.54, 1.807) is 6.07 Å². The summed E-state index contributed by atoms with van der Waals surface area (Å²) in [6.45, 7) is 3.16. The van der Waals surface area contributed by atoms with E-state index in [4.69, 9.17) is 10.4 Å². The average molecular weight is 212 g/mol. The Morgan fingerprint density at radius 1 is 1.60 bits per heavy atom. The molecule has 15 heavy (non-hydrogen) atoms. The second kappa shape index (κ2) is 7.38. The molecule has 1 N–H and O–H groups in total. The Balaban J connectivity index is 4.12. The Morgan fingerprint density at radius 2 is 2.27 bits per heavy atom. The number of aliphatic carboxylic acids is 1. The van der Waals surface area contributed by atoms with Crippen molar-refractivity contribution < 1.29 is 19.4 Å². The molecule has 0 heterocycles. The zero-order valence-corrected chi connectivity index (χ0v) is 8.18. The molecule has 1 amide bonds. The number of carboxylic acid groups (broad SMARTS) is 1. The first kappa shape index (κ1) is 13.0. The first-order valence-electron chi connectivity index (χ1n) is 4.23. The van der Waals surface area contributed by atoms with Crippen LogP contribution in [0.5, 0.6) is 0 Å². The summed E-state index contributed by atoms with van der Waals surface area (Å²) in [5.41, 5.74) is 0. The molecule has 6 heteroatoms. The summed E-state index contributed by atoms with van der Waals surface area (Å²) in [5, 5.41) is 16.8. The summed E-state index contributed by atoms with van der Waals surface area (Å²) < 4.78 is 4.66. The Labute approximate surface area is 87.4 Å². The zero-order chi connectivity index (χ0) is 11.7. The molecule has 0 radical (unpaired) electrons. The van der Waals surface area contributed by atoms with E-state index in [9.17, 15) is 9.59 Å². The van der Waals surface area contributed by atoms with Gasteiger partial charge in [0.25, 0.3) is 0 Å². The van der Waals surface area contributed by atoms with Gasteiger partial charge in [-0.1, -0.05) is 12.7 Å². The fraction of sp³-hybridized carbons (Fsp3) is 0.444. The molecule has 0 atom stereocenters. The van der Waals surface area contributed by atoms with Crippen LogP contribution >= 0.6 is 0 Å². The monoisotopic (exact) mass is 212 g/mol. The van der Waals surface area contributed by atoms with E-state index in [0.29, 0.717) is 0 Å². The summed E-state index contributed by atoms with van der Waals surface area (Å²) in [7, 11) is 0. The van der Waals surface area contributed by atoms with Crippen molar-refractivity contribution in [2.24, 2.45) is 0 Å². The molecule has 0 aromatic heterocycles. The Morgan fingerprint density at radius 3 is 2.73 bits per heavy atom. The molecule has 0 aliphatic rings. The quantitative estimate of drug-likeness (QED) is 0.514. The topological polar surface area (TPSA) is 90.6 Å². The molecule has 82 valence electrons. The second-order valence-electron chi connectivity index (χ2n) is 2.59. The molecule has 0 rings (SSSR count). The van der Waals surface area contributed by atoms with E-state index in [-0.39, 0.29) is 26.1 Å². The largest absolute Gasteiger partial charge is 0.481 e. The van der Waals surface area contributed by atoms with Gasteiger partial charge < -0.3 is 9.84 Å². The second-order valence-corrected chi connectivity index (χ2v) is 2.59. The van der Waals surface area contributed by atoms with Gasteiger partial charge in [0, 0.05) is 6.54 Å². The van der Waals surface area contributed by atoms with Crippen molar-refractivity contribution in [1.82, 2.24) is 4.90 Å². The molecule has 0 unspecified atom stereocenters. The van der Waals surface area contributed by atoms with Gasteiger partial charge in [-0.25, -0.2) is 4.79 Å². The highest BCUT2D eigenvalue weighted by molar-refractivity contribution is 5.70. The molecule has 0 aliphatic carbocycles. The van der Waals surface area contributed by atoms with Crippen LogP contribution in [0.3, 0.4) is 0 Å². The molecule has 0 aromatic carbocycles. The molecule has 0 bridgehead atoms. The van der Waals surface area contributed by atoms with Crippen LogP contribution in [0.2, 0.25) is 0 Å². The third-order valence-electron chi connectivity index (χ3n) is 1.44. The lowest BCUT2D eigenvalue weighted by atomic mass is 10.4. The highest BCUT2D eigenvalue weighted by Crippen LogP contribution is 1.96. The molecular weight excluding hydrogens is 200 g/mol. The first-order chi connectivity index (χ1) is 7.11. The summed E-state index contributed by atoms with van der Waals surface area (Å²) in [5.74, 6) is -1.03. The number of rotatable bonds is 6. The predicted octanol–water partition coefficient (Wildman–Crippen LogP) is 0.609. The fourth-order valence-electron chi connectivity index (χ4n) is 0.772. The Hall–Kier alpha value is -2.03. The number of nitriles is 1. The van der Waals surface area contributed by atoms with Crippen LogP contribution in [0.1, 0.15) is 6.42 Å². The lowest BCUT2D eigenvalue weighted by Crippen LogP contribution is -2.33. The highest BCUT2D eigenvalue weighted by Gasteiger charge is 2.14. The van der Waals surface area contributed by atoms with Gasteiger partial charge in [0.2, 0.25) is 0 Å². The van der Waals surface area contributed by atoms with Crippen molar-refractivity contribution >= 4 is 12.1 Å². The van der Waals surface area contributed by atoms with Gasteiger partial charge in [-0.05, 0) is 0 Å². The van der Waals surface area contributed by atoms with Crippen LogP contribution in [0.15, 0.2) is 12.7 Å². The van der Waals surface area contributed by atoms with E-state index in [2.05, 4.69) is 11.3 Å². The van der Waals surface area contributed by atoms with Crippen LogP contribution in [0.25, 0.3) is 0 Å². The van der Waals surface area contributed by atoms with E-state index in [0.717, 1.165) is 4.90 Å². The Bertz CT molecular complexity index is 282. The SMILES string of the molecule is C=CCOC(=O)N(CC#N)CCC(=O)O. The van der Waals surface area contributed by atoms with E-state index in [1.807, 2.05) is 0 Å². The summed E-state index contributed by atoms with van der Waals surface area (Å²) in [4.78, 5) is 22.5. The molecule has 0 aliphatic heterocycles. The molecule has 0 saturated carbocycles. The van der Waals surface area contributed by atoms with Crippen molar-refractivity contribution in [3.8, 4) is 6.07 Å². The molecule has 0 fully saturated rings. The van der Waals surface area contributed by atoms with E-state index < -0.39 is 12.1 Å².